The number of carbonyl (C=O) groups excluding carboxylic acids is 1. The minimum Gasteiger partial charge on any atom is -0.458 e. The van der Waals surface area contributed by atoms with E-state index in [2.05, 4.69) is 28.2 Å². The Morgan fingerprint density at radius 1 is 1.69 bits per heavy atom. The lowest BCUT2D eigenvalue weighted by Gasteiger charge is -2.31. The maximum absolute atomic E-state index is 12.0. The SMILES string of the molecule is C[C@H]1CN(C(=O)c2occc2Br)CCN1.Cl. The molecule has 1 N–H and O–H groups in total. The van der Waals surface area contributed by atoms with Crippen LogP contribution in [0.25, 0.3) is 0 Å². The lowest BCUT2D eigenvalue weighted by Crippen LogP contribution is -2.51. The van der Waals surface area contributed by atoms with E-state index < -0.39 is 0 Å². The van der Waals surface area contributed by atoms with Gasteiger partial charge in [-0.05, 0) is 28.9 Å². The molecular weight excluding hydrogens is 295 g/mol. The van der Waals surface area contributed by atoms with E-state index >= 15 is 0 Å². The van der Waals surface area contributed by atoms with Crippen LogP contribution in [0, 0.1) is 0 Å². The Labute approximate surface area is 109 Å². The van der Waals surface area contributed by atoms with Crippen LogP contribution >= 0.6 is 28.3 Å². The maximum atomic E-state index is 12.0. The molecule has 6 heteroatoms. The number of rotatable bonds is 1. The van der Waals surface area contributed by atoms with Crippen LogP contribution < -0.4 is 5.32 Å². The number of hydrogen-bond acceptors (Lipinski definition) is 3. The van der Waals surface area contributed by atoms with E-state index in [1.54, 1.807) is 6.07 Å². The van der Waals surface area contributed by atoms with E-state index in [-0.39, 0.29) is 18.3 Å². The highest BCUT2D eigenvalue weighted by Gasteiger charge is 2.24. The van der Waals surface area contributed by atoms with Gasteiger partial charge in [0.05, 0.1) is 10.7 Å². The molecule has 0 radical (unpaired) electrons. The summed E-state index contributed by atoms with van der Waals surface area (Å²) in [6.45, 7) is 4.37. The summed E-state index contributed by atoms with van der Waals surface area (Å²) in [7, 11) is 0. The Morgan fingerprint density at radius 3 is 3.00 bits per heavy atom. The molecule has 2 rings (SSSR count). The Hall–Kier alpha value is -0.520. The number of amides is 1. The lowest BCUT2D eigenvalue weighted by atomic mass is 10.2. The molecule has 1 fully saturated rings. The van der Waals surface area contributed by atoms with Crippen molar-refractivity contribution < 1.29 is 9.21 Å². The fraction of sp³-hybridized carbons (Fsp3) is 0.500. The fourth-order valence-electron chi connectivity index (χ4n) is 1.71. The van der Waals surface area contributed by atoms with Crippen LogP contribution in [-0.4, -0.2) is 36.5 Å². The minimum atomic E-state index is -0.0415. The number of hydrogen-bond donors (Lipinski definition) is 1. The summed E-state index contributed by atoms with van der Waals surface area (Å²) in [5.41, 5.74) is 0. The average Bonchev–Trinajstić information content (AvgIpc) is 2.63. The first-order valence-corrected chi connectivity index (χ1v) is 5.73. The number of nitrogens with zero attached hydrogens (tertiary/aromatic N) is 1. The van der Waals surface area contributed by atoms with Gasteiger partial charge in [0.2, 0.25) is 5.76 Å². The molecule has 90 valence electrons. The van der Waals surface area contributed by atoms with Crippen LogP contribution in [0.3, 0.4) is 0 Å². The van der Waals surface area contributed by atoms with Crippen LogP contribution in [0.5, 0.6) is 0 Å². The van der Waals surface area contributed by atoms with Crippen molar-refractivity contribution in [1.82, 2.24) is 10.2 Å². The molecule has 0 aliphatic carbocycles. The summed E-state index contributed by atoms with van der Waals surface area (Å²) in [6.07, 6.45) is 1.52. The Kier molecular flexibility index (Phi) is 4.83. The number of piperazine rings is 1. The van der Waals surface area contributed by atoms with Crippen molar-refractivity contribution in [2.24, 2.45) is 0 Å². The van der Waals surface area contributed by atoms with Crippen molar-refractivity contribution in [3.63, 3.8) is 0 Å². The Bertz CT molecular complexity index is 369. The molecule has 0 saturated carbocycles. The van der Waals surface area contributed by atoms with E-state index in [1.807, 2.05) is 4.90 Å². The zero-order chi connectivity index (χ0) is 10.8. The second-order valence-corrected chi connectivity index (χ2v) is 4.56. The van der Waals surface area contributed by atoms with Crippen LogP contribution in [0.1, 0.15) is 17.5 Å². The highest BCUT2D eigenvalue weighted by molar-refractivity contribution is 9.10. The molecule has 16 heavy (non-hydrogen) atoms. The molecule has 1 aromatic heterocycles. The summed E-state index contributed by atoms with van der Waals surface area (Å²) in [5.74, 6) is 0.351. The van der Waals surface area contributed by atoms with Crippen LogP contribution in [0.15, 0.2) is 21.2 Å². The van der Waals surface area contributed by atoms with Gasteiger partial charge in [-0.15, -0.1) is 12.4 Å². The molecule has 1 aliphatic heterocycles. The predicted molar refractivity (Wildman–Crippen MR) is 67.0 cm³/mol. The standard InChI is InChI=1S/C10H13BrN2O2.ClH/c1-7-6-13(4-3-12-7)10(14)9-8(11)2-5-15-9;/h2,5,7,12H,3-4,6H2,1H3;1H/t7-;/m0./s1. The smallest absolute Gasteiger partial charge is 0.290 e. The molecule has 0 aromatic carbocycles. The third kappa shape index (κ3) is 2.78. The molecule has 1 atom stereocenters. The molecule has 0 unspecified atom stereocenters. The van der Waals surface area contributed by atoms with Crippen molar-refractivity contribution in [2.75, 3.05) is 19.6 Å². The van der Waals surface area contributed by atoms with E-state index in [0.29, 0.717) is 11.8 Å². The number of carbonyl (C=O) groups is 1. The highest BCUT2D eigenvalue weighted by atomic mass is 79.9. The third-order valence-corrected chi connectivity index (χ3v) is 3.09. The average molecular weight is 310 g/mol. The van der Waals surface area contributed by atoms with E-state index in [4.69, 9.17) is 4.42 Å². The molecule has 0 bridgehead atoms. The zero-order valence-electron chi connectivity index (χ0n) is 8.90. The Balaban J connectivity index is 0.00000128. The van der Waals surface area contributed by atoms with E-state index in [1.165, 1.54) is 6.26 Å². The largest absolute Gasteiger partial charge is 0.458 e. The number of furan rings is 1. The maximum Gasteiger partial charge on any atom is 0.290 e. The predicted octanol–water partition coefficient (Wildman–Crippen LogP) is 1.90. The lowest BCUT2D eigenvalue weighted by molar-refractivity contribution is 0.0675. The topological polar surface area (TPSA) is 45.5 Å². The van der Waals surface area contributed by atoms with Gasteiger partial charge in [0.1, 0.15) is 0 Å². The van der Waals surface area contributed by atoms with Gasteiger partial charge in [0.25, 0.3) is 5.91 Å². The first kappa shape index (κ1) is 13.5. The molecule has 1 saturated heterocycles. The molecule has 1 aliphatic rings. The zero-order valence-corrected chi connectivity index (χ0v) is 11.3. The second-order valence-electron chi connectivity index (χ2n) is 3.70. The minimum absolute atomic E-state index is 0. The molecule has 1 aromatic rings. The van der Waals surface area contributed by atoms with Gasteiger partial charge in [0, 0.05) is 25.7 Å². The summed E-state index contributed by atoms with van der Waals surface area (Å²) in [6, 6.07) is 2.08. The van der Waals surface area contributed by atoms with Crippen molar-refractivity contribution >= 4 is 34.2 Å². The van der Waals surface area contributed by atoms with Crippen molar-refractivity contribution in [3.8, 4) is 0 Å². The number of halogens is 2. The summed E-state index contributed by atoms with van der Waals surface area (Å²) in [4.78, 5) is 13.8. The number of nitrogens with one attached hydrogen (secondary N) is 1. The molecule has 4 nitrogen and oxygen atoms in total. The van der Waals surface area contributed by atoms with Gasteiger partial charge in [-0.1, -0.05) is 0 Å². The van der Waals surface area contributed by atoms with E-state index in [9.17, 15) is 4.79 Å². The van der Waals surface area contributed by atoms with Gasteiger partial charge < -0.3 is 14.6 Å². The molecule has 1 amide bonds. The van der Waals surface area contributed by atoms with Gasteiger partial charge in [-0.2, -0.15) is 0 Å². The van der Waals surface area contributed by atoms with Gasteiger partial charge in [0.15, 0.2) is 0 Å². The van der Waals surface area contributed by atoms with Crippen LogP contribution in [0.4, 0.5) is 0 Å². The molecular formula is C10H14BrClN2O2. The van der Waals surface area contributed by atoms with Gasteiger partial charge in [-0.3, -0.25) is 4.79 Å². The van der Waals surface area contributed by atoms with Crippen LogP contribution in [0.2, 0.25) is 0 Å². The normalized spacial score (nSPS) is 20.4. The first-order chi connectivity index (χ1) is 7.18. The Morgan fingerprint density at radius 2 is 2.44 bits per heavy atom. The second kappa shape index (κ2) is 5.70. The summed E-state index contributed by atoms with van der Waals surface area (Å²) >= 11 is 3.29. The first-order valence-electron chi connectivity index (χ1n) is 4.94. The third-order valence-electron chi connectivity index (χ3n) is 2.47. The van der Waals surface area contributed by atoms with Gasteiger partial charge >= 0.3 is 0 Å². The summed E-state index contributed by atoms with van der Waals surface area (Å²) in [5, 5.41) is 3.29. The van der Waals surface area contributed by atoms with E-state index in [0.717, 1.165) is 24.1 Å². The van der Waals surface area contributed by atoms with Crippen molar-refractivity contribution in [2.45, 2.75) is 13.0 Å². The van der Waals surface area contributed by atoms with Crippen molar-refractivity contribution in [1.29, 1.82) is 0 Å². The van der Waals surface area contributed by atoms with Gasteiger partial charge in [-0.25, -0.2) is 0 Å². The monoisotopic (exact) mass is 308 g/mol. The highest BCUT2D eigenvalue weighted by Crippen LogP contribution is 2.19. The summed E-state index contributed by atoms with van der Waals surface area (Å²) < 4.78 is 5.88. The van der Waals surface area contributed by atoms with Crippen molar-refractivity contribution in [3.05, 3.63) is 22.6 Å². The fourth-order valence-corrected chi connectivity index (χ4v) is 2.08. The van der Waals surface area contributed by atoms with Crippen LogP contribution in [-0.2, 0) is 0 Å². The molecule has 2 heterocycles. The quantitative estimate of drug-likeness (QED) is 0.862. The molecule has 0 spiro atoms.